The van der Waals surface area contributed by atoms with Crippen LogP contribution in [0, 0.1) is 5.82 Å². The van der Waals surface area contributed by atoms with Gasteiger partial charge in [-0.15, -0.1) is 0 Å². The van der Waals surface area contributed by atoms with Crippen molar-refractivity contribution in [2.24, 2.45) is 5.84 Å². The molecule has 0 aliphatic heterocycles. The van der Waals surface area contributed by atoms with Crippen LogP contribution < -0.4 is 21.7 Å². The number of methoxy groups -OCH3 is 1. The number of hydrazine groups is 1. The van der Waals surface area contributed by atoms with E-state index in [4.69, 9.17) is 16.3 Å². The van der Waals surface area contributed by atoms with Gasteiger partial charge in [-0.1, -0.05) is 6.07 Å². The van der Waals surface area contributed by atoms with Gasteiger partial charge in [-0.05, 0) is 6.07 Å². The van der Waals surface area contributed by atoms with Gasteiger partial charge in [0.05, 0.1) is 19.3 Å². The Balaban J connectivity index is 2.42. The lowest BCUT2D eigenvalue weighted by atomic mass is 10.0. The minimum atomic E-state index is -0.574. The van der Waals surface area contributed by atoms with E-state index in [1.807, 2.05) is 0 Å². The molecule has 0 amide bonds. The number of H-pyrrole nitrogens is 1. The zero-order chi connectivity index (χ0) is 13.1. The third-order valence-electron chi connectivity index (χ3n) is 2.70. The Kier molecular flexibility index (Phi) is 3.45. The molecule has 96 valence electrons. The van der Waals surface area contributed by atoms with Gasteiger partial charge in [0, 0.05) is 17.2 Å². The molecule has 1 aromatic heterocycles. The summed E-state index contributed by atoms with van der Waals surface area (Å²) in [5.41, 5.74) is 9.17. The maximum Gasteiger partial charge on any atom is 0.132 e. The summed E-state index contributed by atoms with van der Waals surface area (Å²) in [5.74, 6) is 5.80. The predicted molar refractivity (Wildman–Crippen MR) is 65.1 cm³/mol. The summed E-state index contributed by atoms with van der Waals surface area (Å²) in [6.07, 6.45) is 1.50. The van der Waals surface area contributed by atoms with Gasteiger partial charge < -0.3 is 10.5 Å². The molecule has 1 heterocycles. The van der Waals surface area contributed by atoms with Crippen LogP contribution in [0.15, 0.2) is 24.4 Å². The molecular formula is C11H14FN5O. The predicted octanol–water partition coefficient (Wildman–Crippen LogP) is 0.692. The van der Waals surface area contributed by atoms with E-state index in [0.29, 0.717) is 22.7 Å². The van der Waals surface area contributed by atoms with Crippen LogP contribution in [0.1, 0.15) is 17.2 Å². The fourth-order valence-corrected chi connectivity index (χ4v) is 1.75. The Bertz CT molecular complexity index is 542. The molecule has 0 bridgehead atoms. The van der Waals surface area contributed by atoms with Gasteiger partial charge in [0.15, 0.2) is 0 Å². The number of nitrogens with zero attached hydrogens (tertiary/aromatic N) is 1. The second-order valence-corrected chi connectivity index (χ2v) is 3.73. The van der Waals surface area contributed by atoms with Crippen molar-refractivity contribution >= 4 is 5.82 Å². The van der Waals surface area contributed by atoms with Crippen LogP contribution in [0.5, 0.6) is 5.75 Å². The molecular weight excluding hydrogens is 237 g/mol. The van der Waals surface area contributed by atoms with E-state index in [2.05, 4.69) is 15.6 Å². The number of rotatable bonds is 4. The minimum absolute atomic E-state index is 0.341. The van der Waals surface area contributed by atoms with E-state index in [9.17, 15) is 4.39 Å². The molecule has 0 aliphatic rings. The number of halogens is 1. The topological polar surface area (TPSA) is 102 Å². The number of hydrogen-bond acceptors (Lipinski definition) is 5. The average Bonchev–Trinajstić information content (AvgIpc) is 2.78. The van der Waals surface area contributed by atoms with E-state index in [1.54, 1.807) is 12.1 Å². The average molecular weight is 251 g/mol. The highest BCUT2D eigenvalue weighted by Crippen LogP contribution is 2.28. The maximum atomic E-state index is 14.0. The number of nitrogen functional groups attached to an aromatic ring is 1. The molecule has 2 rings (SSSR count). The van der Waals surface area contributed by atoms with Crippen LogP contribution in [0.25, 0.3) is 0 Å². The second kappa shape index (κ2) is 5.03. The van der Waals surface area contributed by atoms with Crippen molar-refractivity contribution in [2.45, 2.75) is 6.04 Å². The molecule has 6 nitrogen and oxygen atoms in total. The quantitative estimate of drug-likeness (QED) is 0.473. The van der Waals surface area contributed by atoms with Crippen molar-refractivity contribution < 1.29 is 9.13 Å². The molecule has 0 saturated heterocycles. The number of anilines is 1. The first-order valence-corrected chi connectivity index (χ1v) is 5.25. The van der Waals surface area contributed by atoms with E-state index in [1.165, 1.54) is 19.4 Å². The van der Waals surface area contributed by atoms with Crippen LogP contribution in [-0.2, 0) is 0 Å². The van der Waals surface area contributed by atoms with Crippen LogP contribution in [-0.4, -0.2) is 17.3 Å². The Hall–Kier alpha value is -2.12. The lowest BCUT2D eigenvalue weighted by molar-refractivity contribution is 0.410. The van der Waals surface area contributed by atoms with Gasteiger partial charge in [0.2, 0.25) is 0 Å². The van der Waals surface area contributed by atoms with Gasteiger partial charge in [-0.3, -0.25) is 10.9 Å². The lowest BCUT2D eigenvalue weighted by Crippen LogP contribution is -2.29. The number of benzene rings is 1. The largest absolute Gasteiger partial charge is 0.497 e. The molecule has 0 fully saturated rings. The van der Waals surface area contributed by atoms with E-state index in [-0.39, 0.29) is 0 Å². The first-order valence-electron chi connectivity index (χ1n) is 5.25. The summed E-state index contributed by atoms with van der Waals surface area (Å²) >= 11 is 0. The fraction of sp³-hybridized carbons (Fsp3) is 0.182. The van der Waals surface area contributed by atoms with Gasteiger partial charge in [0.1, 0.15) is 17.4 Å². The Morgan fingerprint density at radius 1 is 1.44 bits per heavy atom. The SMILES string of the molecule is COc1ccc(C(NN)c2cn[nH]c2N)c(F)c1. The monoisotopic (exact) mass is 251 g/mol. The molecule has 1 aromatic carbocycles. The number of aromatic nitrogens is 2. The summed E-state index contributed by atoms with van der Waals surface area (Å²) in [6.45, 7) is 0. The van der Waals surface area contributed by atoms with Gasteiger partial charge in [-0.2, -0.15) is 5.10 Å². The molecule has 1 atom stereocenters. The maximum absolute atomic E-state index is 14.0. The highest BCUT2D eigenvalue weighted by molar-refractivity contribution is 5.45. The first kappa shape index (κ1) is 12.3. The third kappa shape index (κ3) is 2.13. The molecule has 0 aliphatic carbocycles. The zero-order valence-corrected chi connectivity index (χ0v) is 9.77. The van der Waals surface area contributed by atoms with Crippen molar-refractivity contribution in [1.29, 1.82) is 0 Å². The van der Waals surface area contributed by atoms with Crippen molar-refractivity contribution in [3.05, 3.63) is 41.3 Å². The molecule has 0 spiro atoms. The Labute approximate surface area is 103 Å². The molecule has 1 unspecified atom stereocenters. The van der Waals surface area contributed by atoms with Crippen LogP contribution in [0.2, 0.25) is 0 Å². The summed E-state index contributed by atoms with van der Waals surface area (Å²) < 4.78 is 18.9. The summed E-state index contributed by atoms with van der Waals surface area (Å²) in [5, 5.41) is 6.37. The van der Waals surface area contributed by atoms with E-state index < -0.39 is 11.9 Å². The summed E-state index contributed by atoms with van der Waals surface area (Å²) in [4.78, 5) is 0. The minimum Gasteiger partial charge on any atom is -0.497 e. The first-order chi connectivity index (χ1) is 8.67. The third-order valence-corrected chi connectivity index (χ3v) is 2.70. The fourth-order valence-electron chi connectivity index (χ4n) is 1.75. The second-order valence-electron chi connectivity index (χ2n) is 3.73. The smallest absolute Gasteiger partial charge is 0.132 e. The van der Waals surface area contributed by atoms with Crippen molar-refractivity contribution in [1.82, 2.24) is 15.6 Å². The molecule has 6 N–H and O–H groups in total. The number of aromatic amines is 1. The number of ether oxygens (including phenoxy) is 1. The lowest BCUT2D eigenvalue weighted by Gasteiger charge is -2.16. The highest BCUT2D eigenvalue weighted by atomic mass is 19.1. The van der Waals surface area contributed by atoms with Gasteiger partial charge in [0.25, 0.3) is 0 Å². The van der Waals surface area contributed by atoms with Crippen LogP contribution in [0.3, 0.4) is 0 Å². The van der Waals surface area contributed by atoms with Crippen molar-refractivity contribution in [3.8, 4) is 5.75 Å². The highest BCUT2D eigenvalue weighted by Gasteiger charge is 2.20. The Morgan fingerprint density at radius 2 is 2.22 bits per heavy atom. The van der Waals surface area contributed by atoms with Gasteiger partial charge >= 0.3 is 0 Å². The van der Waals surface area contributed by atoms with Gasteiger partial charge in [-0.25, -0.2) is 9.82 Å². The van der Waals surface area contributed by atoms with E-state index in [0.717, 1.165) is 0 Å². The zero-order valence-electron chi connectivity index (χ0n) is 9.77. The van der Waals surface area contributed by atoms with Crippen LogP contribution in [0.4, 0.5) is 10.2 Å². The Morgan fingerprint density at radius 3 is 2.72 bits per heavy atom. The van der Waals surface area contributed by atoms with Crippen LogP contribution >= 0.6 is 0 Å². The van der Waals surface area contributed by atoms with Crippen molar-refractivity contribution in [2.75, 3.05) is 12.8 Å². The van der Waals surface area contributed by atoms with Crippen molar-refractivity contribution in [3.63, 3.8) is 0 Å². The number of hydrogen-bond donors (Lipinski definition) is 4. The molecule has 7 heteroatoms. The molecule has 0 radical (unpaired) electrons. The summed E-state index contributed by atoms with van der Waals surface area (Å²) in [6, 6.07) is 3.95. The van der Waals surface area contributed by atoms with E-state index >= 15 is 0 Å². The summed E-state index contributed by atoms with van der Waals surface area (Å²) in [7, 11) is 1.47. The standard InChI is InChI=1S/C11H14FN5O/c1-18-6-2-3-7(9(12)4-6)10(16-14)8-5-15-17-11(8)13/h2-5,10,16H,14H2,1H3,(H3,13,15,17). The number of nitrogens with one attached hydrogen (secondary N) is 2. The molecule has 2 aromatic rings. The molecule has 18 heavy (non-hydrogen) atoms. The number of nitrogens with two attached hydrogens (primary N) is 2. The molecule has 0 saturated carbocycles. The normalized spacial score (nSPS) is 12.4.